The van der Waals surface area contributed by atoms with E-state index in [1.807, 2.05) is 32.0 Å². The van der Waals surface area contributed by atoms with Gasteiger partial charge in [0.25, 0.3) is 5.91 Å². The molecule has 174 valence electrons. The van der Waals surface area contributed by atoms with Crippen molar-refractivity contribution in [1.29, 1.82) is 0 Å². The molecule has 8 heteroatoms. The molecule has 0 unspecified atom stereocenters. The highest BCUT2D eigenvalue weighted by Gasteiger charge is 2.21. The standard InChI is InChI=1S/C25H27ClN2O5/c1-16-10-19(11-17(2)24(16)26)33-15-23(29)28(22-8-6-7-9-27-22)14-18-12-20(30-3)25(32-5)21(13-18)31-4/h6-13H,14-15H2,1-5H3. The van der Waals surface area contributed by atoms with Gasteiger partial charge in [-0.25, -0.2) is 4.98 Å². The molecule has 0 aliphatic carbocycles. The number of anilines is 1. The fourth-order valence-electron chi connectivity index (χ4n) is 3.43. The van der Waals surface area contributed by atoms with Crippen LogP contribution in [0, 0.1) is 13.8 Å². The fourth-order valence-corrected chi connectivity index (χ4v) is 3.54. The first-order chi connectivity index (χ1) is 15.9. The van der Waals surface area contributed by atoms with Gasteiger partial charge in [0.2, 0.25) is 5.75 Å². The Labute approximate surface area is 198 Å². The molecule has 0 saturated heterocycles. The summed E-state index contributed by atoms with van der Waals surface area (Å²) in [5.41, 5.74) is 2.55. The van der Waals surface area contributed by atoms with Gasteiger partial charge in [0.05, 0.1) is 27.9 Å². The third-order valence-electron chi connectivity index (χ3n) is 5.06. The normalized spacial score (nSPS) is 10.5. The molecule has 0 atom stereocenters. The van der Waals surface area contributed by atoms with E-state index in [9.17, 15) is 4.79 Å². The molecule has 33 heavy (non-hydrogen) atoms. The Balaban J connectivity index is 1.88. The number of halogens is 1. The number of carbonyl (C=O) groups is 1. The minimum Gasteiger partial charge on any atom is -0.493 e. The van der Waals surface area contributed by atoms with Gasteiger partial charge in [0.1, 0.15) is 11.6 Å². The Hall–Kier alpha value is -3.45. The van der Waals surface area contributed by atoms with E-state index in [1.54, 1.807) is 56.7 Å². The SMILES string of the molecule is COc1cc(CN(C(=O)COc2cc(C)c(Cl)c(C)c2)c2ccccn2)cc(OC)c1OC. The van der Waals surface area contributed by atoms with Gasteiger partial charge in [-0.2, -0.15) is 0 Å². The van der Waals surface area contributed by atoms with Crippen LogP contribution in [0.15, 0.2) is 48.7 Å². The Kier molecular flexibility index (Phi) is 8.01. The Morgan fingerprint density at radius 1 is 0.970 bits per heavy atom. The number of aromatic nitrogens is 1. The third kappa shape index (κ3) is 5.68. The number of rotatable bonds is 9. The second-order valence-corrected chi connectivity index (χ2v) is 7.74. The van der Waals surface area contributed by atoms with E-state index >= 15 is 0 Å². The molecule has 0 saturated carbocycles. The molecule has 7 nitrogen and oxygen atoms in total. The number of benzene rings is 2. The number of nitrogens with zero attached hydrogens (tertiary/aromatic N) is 2. The molecule has 1 aromatic heterocycles. The van der Waals surface area contributed by atoms with Crippen LogP contribution in [0.4, 0.5) is 5.82 Å². The van der Waals surface area contributed by atoms with Crippen molar-refractivity contribution < 1.29 is 23.7 Å². The Morgan fingerprint density at radius 3 is 2.12 bits per heavy atom. The zero-order valence-electron chi connectivity index (χ0n) is 19.3. The summed E-state index contributed by atoms with van der Waals surface area (Å²) in [5.74, 6) is 2.32. The summed E-state index contributed by atoms with van der Waals surface area (Å²) >= 11 is 6.24. The molecule has 2 aromatic carbocycles. The minimum absolute atomic E-state index is 0.165. The smallest absolute Gasteiger partial charge is 0.266 e. The molecule has 0 radical (unpaired) electrons. The summed E-state index contributed by atoms with van der Waals surface area (Å²) in [6.45, 7) is 3.86. The predicted octanol–water partition coefficient (Wildman–Crippen LogP) is 4.99. The minimum atomic E-state index is -0.257. The number of pyridine rings is 1. The Bertz CT molecular complexity index is 1070. The van der Waals surface area contributed by atoms with E-state index in [0.717, 1.165) is 16.7 Å². The zero-order valence-corrected chi connectivity index (χ0v) is 20.1. The highest BCUT2D eigenvalue weighted by Crippen LogP contribution is 2.38. The van der Waals surface area contributed by atoms with Gasteiger partial charge in [-0.3, -0.25) is 9.69 Å². The number of amides is 1. The van der Waals surface area contributed by atoms with Crippen molar-refractivity contribution in [3.63, 3.8) is 0 Å². The maximum atomic E-state index is 13.2. The zero-order chi connectivity index (χ0) is 24.0. The van der Waals surface area contributed by atoms with E-state index in [1.165, 1.54) is 0 Å². The molecule has 1 heterocycles. The number of aryl methyl sites for hydroxylation is 2. The molecular weight excluding hydrogens is 444 g/mol. The molecule has 0 spiro atoms. The summed E-state index contributed by atoms with van der Waals surface area (Å²) < 4.78 is 22.1. The average Bonchev–Trinajstić information content (AvgIpc) is 2.83. The lowest BCUT2D eigenvalue weighted by atomic mass is 10.1. The average molecular weight is 471 g/mol. The number of methoxy groups -OCH3 is 3. The van der Waals surface area contributed by atoms with Crippen molar-refractivity contribution in [3.05, 3.63) is 70.4 Å². The van der Waals surface area contributed by atoms with Crippen LogP contribution in [0.2, 0.25) is 5.02 Å². The lowest BCUT2D eigenvalue weighted by Gasteiger charge is -2.23. The van der Waals surface area contributed by atoms with Gasteiger partial charge in [0, 0.05) is 11.2 Å². The molecule has 1 amide bonds. The number of hydrogen-bond acceptors (Lipinski definition) is 6. The summed E-state index contributed by atoms with van der Waals surface area (Å²) in [7, 11) is 4.64. The van der Waals surface area contributed by atoms with Crippen LogP contribution < -0.4 is 23.8 Å². The first-order valence-corrected chi connectivity index (χ1v) is 10.7. The molecule has 3 aromatic rings. The topological polar surface area (TPSA) is 70.1 Å². The molecule has 0 bridgehead atoms. The highest BCUT2D eigenvalue weighted by molar-refractivity contribution is 6.32. The number of carbonyl (C=O) groups excluding carboxylic acids is 1. The molecule has 3 rings (SSSR count). The molecule has 0 N–H and O–H groups in total. The maximum absolute atomic E-state index is 13.2. The lowest BCUT2D eigenvalue weighted by Crippen LogP contribution is -2.35. The number of ether oxygens (including phenoxy) is 4. The quantitative estimate of drug-likeness (QED) is 0.439. The van der Waals surface area contributed by atoms with E-state index in [2.05, 4.69) is 4.98 Å². The van der Waals surface area contributed by atoms with E-state index in [-0.39, 0.29) is 19.1 Å². The lowest BCUT2D eigenvalue weighted by molar-refractivity contribution is -0.120. The van der Waals surface area contributed by atoms with Crippen LogP contribution in [0.25, 0.3) is 0 Å². The van der Waals surface area contributed by atoms with Gasteiger partial charge in [-0.1, -0.05) is 17.7 Å². The molecule has 0 aliphatic heterocycles. The third-order valence-corrected chi connectivity index (χ3v) is 5.66. The van der Waals surface area contributed by atoms with Gasteiger partial charge >= 0.3 is 0 Å². The molecule has 0 aliphatic rings. The van der Waals surface area contributed by atoms with E-state index in [0.29, 0.717) is 33.8 Å². The Morgan fingerprint density at radius 2 is 1.61 bits per heavy atom. The van der Waals surface area contributed by atoms with Crippen molar-refractivity contribution in [1.82, 2.24) is 4.98 Å². The van der Waals surface area contributed by atoms with Crippen molar-refractivity contribution in [3.8, 4) is 23.0 Å². The largest absolute Gasteiger partial charge is 0.493 e. The maximum Gasteiger partial charge on any atom is 0.266 e. The second-order valence-electron chi connectivity index (χ2n) is 7.36. The van der Waals surface area contributed by atoms with E-state index in [4.69, 9.17) is 30.5 Å². The van der Waals surface area contributed by atoms with Crippen molar-refractivity contribution >= 4 is 23.3 Å². The molecular formula is C25H27ClN2O5. The van der Waals surface area contributed by atoms with Crippen molar-refractivity contribution in [2.75, 3.05) is 32.8 Å². The fraction of sp³-hybridized carbons (Fsp3) is 0.280. The molecule has 0 fully saturated rings. The monoisotopic (exact) mass is 470 g/mol. The van der Waals surface area contributed by atoms with Crippen LogP contribution in [0.3, 0.4) is 0 Å². The van der Waals surface area contributed by atoms with Gasteiger partial charge in [0.15, 0.2) is 18.1 Å². The van der Waals surface area contributed by atoms with Crippen LogP contribution in [-0.4, -0.2) is 38.8 Å². The van der Waals surface area contributed by atoms with Gasteiger partial charge in [-0.05, 0) is 66.9 Å². The van der Waals surface area contributed by atoms with Gasteiger partial charge in [-0.15, -0.1) is 0 Å². The summed E-state index contributed by atoms with van der Waals surface area (Å²) in [5, 5.41) is 0.686. The number of hydrogen-bond donors (Lipinski definition) is 0. The second kappa shape index (κ2) is 10.9. The van der Waals surface area contributed by atoms with Crippen LogP contribution in [0.1, 0.15) is 16.7 Å². The van der Waals surface area contributed by atoms with Crippen LogP contribution in [0.5, 0.6) is 23.0 Å². The first kappa shape index (κ1) is 24.2. The first-order valence-electron chi connectivity index (χ1n) is 10.3. The highest BCUT2D eigenvalue weighted by atomic mass is 35.5. The van der Waals surface area contributed by atoms with E-state index < -0.39 is 0 Å². The summed E-state index contributed by atoms with van der Waals surface area (Å²) in [4.78, 5) is 19.1. The van der Waals surface area contributed by atoms with Crippen LogP contribution >= 0.6 is 11.6 Å². The van der Waals surface area contributed by atoms with Crippen molar-refractivity contribution in [2.45, 2.75) is 20.4 Å². The van der Waals surface area contributed by atoms with Crippen molar-refractivity contribution in [2.24, 2.45) is 0 Å². The van der Waals surface area contributed by atoms with Gasteiger partial charge < -0.3 is 18.9 Å². The predicted molar refractivity (Wildman–Crippen MR) is 128 cm³/mol. The van der Waals surface area contributed by atoms with Crippen LogP contribution in [-0.2, 0) is 11.3 Å². The summed E-state index contributed by atoms with van der Waals surface area (Å²) in [6, 6.07) is 12.6. The summed E-state index contributed by atoms with van der Waals surface area (Å²) in [6.07, 6.45) is 1.64.